The molecule has 0 unspecified atom stereocenters. The summed E-state index contributed by atoms with van der Waals surface area (Å²) in [7, 11) is 0. The minimum atomic E-state index is 0.313. The summed E-state index contributed by atoms with van der Waals surface area (Å²) < 4.78 is 0. The van der Waals surface area contributed by atoms with E-state index >= 15 is 0 Å². The SMILES string of the molecule is Cc1cc(C)c(CN(CCC(N)=NO)C2CC2)c(C)c1. The number of nitrogens with two attached hydrogens (primary N) is 1. The molecule has 3 N–H and O–H groups in total. The van der Waals surface area contributed by atoms with Crippen LogP contribution in [-0.4, -0.2) is 28.5 Å². The Bertz CT molecular complexity index is 483. The van der Waals surface area contributed by atoms with Crippen molar-refractivity contribution < 1.29 is 5.21 Å². The van der Waals surface area contributed by atoms with E-state index < -0.39 is 0 Å². The molecule has 0 radical (unpaired) electrons. The molecule has 4 heteroatoms. The van der Waals surface area contributed by atoms with Crippen molar-refractivity contribution >= 4 is 5.84 Å². The van der Waals surface area contributed by atoms with Gasteiger partial charge in [-0.25, -0.2) is 0 Å². The second-order valence-electron chi connectivity index (χ2n) is 5.92. The largest absolute Gasteiger partial charge is 0.409 e. The van der Waals surface area contributed by atoms with E-state index in [1.54, 1.807) is 0 Å². The molecule has 1 saturated carbocycles. The Morgan fingerprint density at radius 3 is 2.40 bits per heavy atom. The number of hydrogen-bond donors (Lipinski definition) is 2. The van der Waals surface area contributed by atoms with Gasteiger partial charge in [-0.15, -0.1) is 0 Å². The van der Waals surface area contributed by atoms with Crippen LogP contribution in [0.15, 0.2) is 17.3 Å². The quantitative estimate of drug-likeness (QED) is 0.363. The average molecular weight is 275 g/mol. The number of rotatable bonds is 6. The van der Waals surface area contributed by atoms with Crippen molar-refractivity contribution in [3.63, 3.8) is 0 Å². The maximum atomic E-state index is 8.65. The van der Waals surface area contributed by atoms with Crippen LogP contribution in [0, 0.1) is 20.8 Å². The minimum absolute atomic E-state index is 0.313. The third-order valence-corrected chi connectivity index (χ3v) is 4.05. The summed E-state index contributed by atoms with van der Waals surface area (Å²) in [5, 5.41) is 11.7. The van der Waals surface area contributed by atoms with Gasteiger partial charge in [0.2, 0.25) is 0 Å². The molecule has 1 aliphatic carbocycles. The molecule has 1 aromatic rings. The minimum Gasteiger partial charge on any atom is -0.409 e. The highest BCUT2D eigenvalue weighted by molar-refractivity contribution is 5.79. The Hall–Kier alpha value is -1.55. The number of aryl methyl sites for hydroxylation is 3. The predicted octanol–water partition coefficient (Wildman–Crippen LogP) is 2.71. The molecule has 0 saturated heterocycles. The number of hydrogen-bond acceptors (Lipinski definition) is 3. The lowest BCUT2D eigenvalue weighted by atomic mass is 9.99. The van der Waals surface area contributed by atoms with Crippen LogP contribution in [0.25, 0.3) is 0 Å². The molecule has 1 aliphatic rings. The van der Waals surface area contributed by atoms with E-state index in [1.165, 1.54) is 35.1 Å². The van der Waals surface area contributed by atoms with Gasteiger partial charge in [-0.05, 0) is 50.3 Å². The van der Waals surface area contributed by atoms with Gasteiger partial charge in [0.1, 0.15) is 5.84 Å². The topological polar surface area (TPSA) is 61.8 Å². The van der Waals surface area contributed by atoms with Crippen LogP contribution in [0.3, 0.4) is 0 Å². The molecule has 0 spiro atoms. The fraction of sp³-hybridized carbons (Fsp3) is 0.562. The summed E-state index contributed by atoms with van der Waals surface area (Å²) in [6, 6.07) is 5.16. The Labute approximate surface area is 121 Å². The van der Waals surface area contributed by atoms with Crippen molar-refractivity contribution in [2.24, 2.45) is 10.9 Å². The zero-order chi connectivity index (χ0) is 14.7. The van der Waals surface area contributed by atoms with Gasteiger partial charge < -0.3 is 10.9 Å². The highest BCUT2D eigenvalue weighted by Crippen LogP contribution is 2.30. The molecule has 4 nitrogen and oxygen atoms in total. The first-order valence-electron chi connectivity index (χ1n) is 7.28. The molecule has 2 rings (SSSR count). The Morgan fingerprint density at radius 1 is 1.30 bits per heavy atom. The third-order valence-electron chi connectivity index (χ3n) is 4.05. The molecular weight excluding hydrogens is 250 g/mol. The number of benzene rings is 1. The first-order valence-corrected chi connectivity index (χ1v) is 7.28. The van der Waals surface area contributed by atoms with Crippen molar-refractivity contribution in [2.75, 3.05) is 6.54 Å². The Morgan fingerprint density at radius 2 is 1.90 bits per heavy atom. The van der Waals surface area contributed by atoms with E-state index in [0.717, 1.165) is 13.1 Å². The lowest BCUT2D eigenvalue weighted by Gasteiger charge is -2.24. The third kappa shape index (κ3) is 3.73. The van der Waals surface area contributed by atoms with Crippen LogP contribution < -0.4 is 5.73 Å². The molecule has 20 heavy (non-hydrogen) atoms. The number of nitrogens with zero attached hydrogens (tertiary/aromatic N) is 2. The van der Waals surface area contributed by atoms with Gasteiger partial charge in [0, 0.05) is 25.6 Å². The maximum Gasteiger partial charge on any atom is 0.140 e. The van der Waals surface area contributed by atoms with E-state index in [4.69, 9.17) is 10.9 Å². The van der Waals surface area contributed by atoms with E-state index in [9.17, 15) is 0 Å². The standard InChI is InChI=1S/C16H25N3O/c1-11-8-12(2)15(13(3)9-11)10-19(14-4-5-14)7-6-16(17)18-20/h8-9,14,20H,4-7,10H2,1-3H3,(H2,17,18). The summed E-state index contributed by atoms with van der Waals surface area (Å²) in [5.74, 6) is 0.313. The predicted molar refractivity (Wildman–Crippen MR) is 82.1 cm³/mol. The van der Waals surface area contributed by atoms with Gasteiger partial charge in [-0.1, -0.05) is 22.9 Å². The van der Waals surface area contributed by atoms with Crippen molar-refractivity contribution in [1.82, 2.24) is 4.90 Å². The highest BCUT2D eigenvalue weighted by atomic mass is 16.4. The zero-order valence-electron chi connectivity index (χ0n) is 12.7. The molecule has 0 aromatic heterocycles. The van der Waals surface area contributed by atoms with E-state index in [2.05, 4.69) is 43.0 Å². The molecular formula is C16H25N3O. The maximum absolute atomic E-state index is 8.65. The fourth-order valence-corrected chi connectivity index (χ4v) is 2.80. The van der Waals surface area contributed by atoms with Crippen molar-refractivity contribution in [1.29, 1.82) is 0 Å². The number of amidine groups is 1. The van der Waals surface area contributed by atoms with Crippen molar-refractivity contribution in [3.8, 4) is 0 Å². The van der Waals surface area contributed by atoms with Gasteiger partial charge >= 0.3 is 0 Å². The van der Waals surface area contributed by atoms with Crippen molar-refractivity contribution in [2.45, 2.75) is 52.6 Å². The second-order valence-corrected chi connectivity index (χ2v) is 5.92. The van der Waals surface area contributed by atoms with Crippen LogP contribution in [0.5, 0.6) is 0 Å². The zero-order valence-corrected chi connectivity index (χ0v) is 12.7. The van der Waals surface area contributed by atoms with Gasteiger partial charge in [-0.2, -0.15) is 0 Å². The fourth-order valence-electron chi connectivity index (χ4n) is 2.80. The van der Waals surface area contributed by atoms with E-state index in [-0.39, 0.29) is 0 Å². The Kier molecular flexibility index (Phi) is 4.65. The van der Waals surface area contributed by atoms with Gasteiger partial charge in [0.25, 0.3) is 0 Å². The van der Waals surface area contributed by atoms with Gasteiger partial charge in [0.05, 0.1) is 0 Å². The summed E-state index contributed by atoms with van der Waals surface area (Å²) in [6.45, 7) is 8.32. The van der Waals surface area contributed by atoms with Crippen LogP contribution >= 0.6 is 0 Å². The number of oxime groups is 1. The summed E-state index contributed by atoms with van der Waals surface area (Å²) in [6.07, 6.45) is 3.15. The normalized spacial score (nSPS) is 15.9. The van der Waals surface area contributed by atoms with Crippen LogP contribution in [0.1, 0.15) is 41.5 Å². The van der Waals surface area contributed by atoms with E-state index in [0.29, 0.717) is 18.3 Å². The Balaban J connectivity index is 2.08. The lowest BCUT2D eigenvalue weighted by Crippen LogP contribution is -2.30. The monoisotopic (exact) mass is 275 g/mol. The highest BCUT2D eigenvalue weighted by Gasteiger charge is 2.29. The van der Waals surface area contributed by atoms with Gasteiger partial charge in [0.15, 0.2) is 0 Å². The summed E-state index contributed by atoms with van der Waals surface area (Å²) in [5.41, 5.74) is 11.0. The average Bonchev–Trinajstić information content (AvgIpc) is 3.20. The molecule has 1 aromatic carbocycles. The summed E-state index contributed by atoms with van der Waals surface area (Å²) in [4.78, 5) is 2.46. The first-order chi connectivity index (χ1) is 9.51. The van der Waals surface area contributed by atoms with Crippen LogP contribution in [0.4, 0.5) is 0 Å². The molecule has 110 valence electrons. The molecule has 0 aliphatic heterocycles. The van der Waals surface area contributed by atoms with Gasteiger partial charge in [-0.3, -0.25) is 4.90 Å². The second kappa shape index (κ2) is 6.27. The van der Waals surface area contributed by atoms with Crippen LogP contribution in [-0.2, 0) is 6.54 Å². The lowest BCUT2D eigenvalue weighted by molar-refractivity contribution is 0.258. The first kappa shape index (κ1) is 14.9. The van der Waals surface area contributed by atoms with E-state index in [1.807, 2.05) is 0 Å². The molecule has 0 amide bonds. The van der Waals surface area contributed by atoms with Crippen molar-refractivity contribution in [3.05, 3.63) is 34.4 Å². The van der Waals surface area contributed by atoms with Crippen LogP contribution in [0.2, 0.25) is 0 Å². The smallest absolute Gasteiger partial charge is 0.140 e. The summed E-state index contributed by atoms with van der Waals surface area (Å²) >= 11 is 0. The molecule has 1 fully saturated rings. The molecule has 0 atom stereocenters. The molecule has 0 bridgehead atoms. The molecule has 0 heterocycles.